The maximum Gasteiger partial charge on any atom is 0.252 e. The lowest BCUT2D eigenvalue weighted by atomic mass is 10.0. The molecule has 2 heterocycles. The zero-order chi connectivity index (χ0) is 13.5. The average molecular weight is 310 g/mol. The molecule has 1 fully saturated rings. The summed E-state index contributed by atoms with van der Waals surface area (Å²) in [5, 5.41) is 9.51. The quantitative estimate of drug-likeness (QED) is 0.930. The molecule has 7 heteroatoms. The second kappa shape index (κ2) is 5.09. The summed E-state index contributed by atoms with van der Waals surface area (Å²) in [6.45, 7) is 4.34. The Hall–Kier alpha value is -0.140. The number of hydrogen-bond donors (Lipinski definition) is 1. The van der Waals surface area contributed by atoms with Gasteiger partial charge in [0.25, 0.3) is 10.0 Å². The zero-order valence-electron chi connectivity index (χ0n) is 10.3. The number of hydrogen-bond acceptors (Lipinski definition) is 4. The van der Waals surface area contributed by atoms with E-state index in [0.717, 1.165) is 16.9 Å². The highest BCUT2D eigenvalue weighted by Crippen LogP contribution is 2.34. The van der Waals surface area contributed by atoms with Gasteiger partial charge < -0.3 is 5.11 Å². The smallest absolute Gasteiger partial charge is 0.252 e. The van der Waals surface area contributed by atoms with E-state index in [2.05, 4.69) is 0 Å². The fraction of sp³-hybridized carbons (Fsp3) is 0.636. The molecule has 0 aliphatic carbocycles. The van der Waals surface area contributed by atoms with Crippen LogP contribution in [-0.4, -0.2) is 37.0 Å². The monoisotopic (exact) mass is 309 g/mol. The first-order valence-corrected chi connectivity index (χ1v) is 8.40. The van der Waals surface area contributed by atoms with E-state index < -0.39 is 16.1 Å². The molecule has 1 saturated heterocycles. The molecule has 0 aromatic carbocycles. The molecule has 1 aliphatic rings. The van der Waals surface area contributed by atoms with E-state index in [4.69, 9.17) is 11.6 Å². The molecule has 0 spiro atoms. The lowest BCUT2D eigenvalue weighted by molar-refractivity contribution is 0.133. The highest BCUT2D eigenvalue weighted by molar-refractivity contribution is 7.91. The first-order valence-electron chi connectivity index (χ1n) is 5.76. The van der Waals surface area contributed by atoms with E-state index in [-0.39, 0.29) is 10.1 Å². The van der Waals surface area contributed by atoms with Gasteiger partial charge in [0.1, 0.15) is 4.21 Å². The Morgan fingerprint density at radius 2 is 2.28 bits per heavy atom. The highest BCUT2D eigenvalue weighted by Gasteiger charge is 2.35. The third kappa shape index (κ3) is 2.58. The van der Waals surface area contributed by atoms with Crippen molar-refractivity contribution >= 4 is 33.0 Å². The molecule has 1 aliphatic heterocycles. The molecular formula is C11H16ClNO3S2. The predicted octanol–water partition coefficient (Wildman–Crippen LogP) is 2.10. The second-order valence-electron chi connectivity index (χ2n) is 4.67. The van der Waals surface area contributed by atoms with E-state index >= 15 is 0 Å². The highest BCUT2D eigenvalue weighted by atomic mass is 35.5. The van der Waals surface area contributed by atoms with Gasteiger partial charge in [0, 0.05) is 13.1 Å². The van der Waals surface area contributed by atoms with Gasteiger partial charge in [-0.15, -0.1) is 11.3 Å². The topological polar surface area (TPSA) is 57.6 Å². The normalized spacial score (nSPS) is 23.4. The van der Waals surface area contributed by atoms with Crippen molar-refractivity contribution in [1.82, 2.24) is 4.31 Å². The number of sulfonamides is 1. The van der Waals surface area contributed by atoms with Crippen molar-refractivity contribution in [2.24, 2.45) is 5.92 Å². The summed E-state index contributed by atoms with van der Waals surface area (Å²) < 4.78 is 27.0. The first-order chi connectivity index (χ1) is 8.32. The molecule has 4 nitrogen and oxygen atoms in total. The molecule has 0 amide bonds. The van der Waals surface area contributed by atoms with Gasteiger partial charge in [-0.05, 0) is 37.8 Å². The largest absolute Gasteiger partial charge is 0.393 e. The predicted molar refractivity (Wildman–Crippen MR) is 72.6 cm³/mol. The molecule has 2 atom stereocenters. The van der Waals surface area contributed by atoms with Gasteiger partial charge in [-0.25, -0.2) is 8.42 Å². The maximum absolute atomic E-state index is 12.4. The molecule has 1 aromatic rings. The molecule has 0 saturated carbocycles. The van der Waals surface area contributed by atoms with E-state index in [0.29, 0.717) is 23.8 Å². The van der Waals surface area contributed by atoms with Crippen molar-refractivity contribution in [3.63, 3.8) is 0 Å². The zero-order valence-corrected chi connectivity index (χ0v) is 12.6. The third-order valence-electron chi connectivity index (χ3n) is 3.30. The molecule has 2 rings (SSSR count). The number of halogens is 1. The van der Waals surface area contributed by atoms with Crippen LogP contribution in [0.3, 0.4) is 0 Å². The van der Waals surface area contributed by atoms with Crippen LogP contribution in [0.15, 0.2) is 10.3 Å². The van der Waals surface area contributed by atoms with Crippen molar-refractivity contribution in [2.75, 3.05) is 13.1 Å². The van der Waals surface area contributed by atoms with Crippen molar-refractivity contribution in [2.45, 2.75) is 30.6 Å². The number of aryl methyl sites for hydroxylation is 1. The Morgan fingerprint density at radius 1 is 1.61 bits per heavy atom. The summed E-state index contributed by atoms with van der Waals surface area (Å²) in [7, 11) is -3.45. The molecule has 1 aromatic heterocycles. The maximum atomic E-state index is 12.4. The van der Waals surface area contributed by atoms with Gasteiger partial charge >= 0.3 is 0 Å². The van der Waals surface area contributed by atoms with Gasteiger partial charge in [-0.1, -0.05) is 11.6 Å². The van der Waals surface area contributed by atoms with E-state index in [1.807, 2.05) is 0 Å². The van der Waals surface area contributed by atoms with Gasteiger partial charge in [-0.2, -0.15) is 4.31 Å². The van der Waals surface area contributed by atoms with Crippen LogP contribution >= 0.6 is 22.9 Å². The molecule has 0 bridgehead atoms. The number of aliphatic hydroxyl groups is 1. The summed E-state index contributed by atoms with van der Waals surface area (Å²) in [4.78, 5) is 0. The van der Waals surface area contributed by atoms with Crippen molar-refractivity contribution < 1.29 is 13.5 Å². The first kappa shape index (κ1) is 14.3. The molecule has 18 heavy (non-hydrogen) atoms. The minimum absolute atomic E-state index is 0.0244. The van der Waals surface area contributed by atoms with E-state index in [9.17, 15) is 13.5 Å². The molecule has 0 radical (unpaired) electrons. The van der Waals surface area contributed by atoms with E-state index in [1.54, 1.807) is 19.9 Å². The number of thiophene rings is 1. The van der Waals surface area contributed by atoms with Crippen LogP contribution in [0, 0.1) is 12.8 Å². The molecule has 102 valence electrons. The van der Waals surface area contributed by atoms with Crippen LogP contribution in [-0.2, 0) is 10.0 Å². The summed E-state index contributed by atoms with van der Waals surface area (Å²) in [5.74, 6) is 0.0244. The van der Waals surface area contributed by atoms with Crippen LogP contribution in [0.1, 0.15) is 18.9 Å². The Bertz CT molecular complexity index is 519. The second-order valence-corrected chi connectivity index (χ2v) is 8.49. The molecule has 2 unspecified atom stereocenters. The summed E-state index contributed by atoms with van der Waals surface area (Å²) in [6.07, 6.45) is 0.230. The fourth-order valence-corrected chi connectivity index (χ4v) is 5.43. The summed E-state index contributed by atoms with van der Waals surface area (Å²) in [6, 6.07) is 1.61. The Morgan fingerprint density at radius 3 is 2.72 bits per heavy atom. The average Bonchev–Trinajstić information content (AvgIpc) is 2.87. The van der Waals surface area contributed by atoms with Crippen LogP contribution in [0.5, 0.6) is 0 Å². The lowest BCUT2D eigenvalue weighted by Gasteiger charge is -2.16. The molecule has 1 N–H and O–H groups in total. The Balaban J connectivity index is 2.23. The minimum Gasteiger partial charge on any atom is -0.393 e. The van der Waals surface area contributed by atoms with E-state index in [1.165, 1.54) is 4.31 Å². The van der Waals surface area contributed by atoms with Crippen LogP contribution < -0.4 is 0 Å². The Labute approximate surface area is 116 Å². The number of aliphatic hydroxyl groups excluding tert-OH is 1. The van der Waals surface area contributed by atoms with Gasteiger partial charge in [0.05, 0.1) is 10.4 Å². The summed E-state index contributed by atoms with van der Waals surface area (Å²) in [5.41, 5.74) is 0.784. The van der Waals surface area contributed by atoms with Crippen LogP contribution in [0.4, 0.5) is 0 Å². The van der Waals surface area contributed by atoms with Crippen LogP contribution in [0.2, 0.25) is 4.34 Å². The van der Waals surface area contributed by atoms with Gasteiger partial charge in [0.15, 0.2) is 0 Å². The SMILES string of the molecule is Cc1cc(S(=O)(=O)N2CCC(C(C)O)C2)sc1Cl. The van der Waals surface area contributed by atoms with Crippen molar-refractivity contribution in [3.8, 4) is 0 Å². The standard InChI is InChI=1S/C11H16ClNO3S2/c1-7-5-10(17-11(7)12)18(15,16)13-4-3-9(6-13)8(2)14/h5,8-9,14H,3-4,6H2,1-2H3. The minimum atomic E-state index is -3.45. The molecular weight excluding hydrogens is 294 g/mol. The summed E-state index contributed by atoms with van der Waals surface area (Å²) >= 11 is 7.01. The Kier molecular flexibility index (Phi) is 4.04. The van der Waals surface area contributed by atoms with Crippen LogP contribution in [0.25, 0.3) is 0 Å². The lowest BCUT2D eigenvalue weighted by Crippen LogP contribution is -2.30. The fourth-order valence-electron chi connectivity index (χ4n) is 2.05. The van der Waals surface area contributed by atoms with Gasteiger partial charge in [0.2, 0.25) is 0 Å². The van der Waals surface area contributed by atoms with Crippen molar-refractivity contribution in [3.05, 3.63) is 16.0 Å². The van der Waals surface area contributed by atoms with Gasteiger partial charge in [-0.3, -0.25) is 0 Å². The van der Waals surface area contributed by atoms with Crippen molar-refractivity contribution in [1.29, 1.82) is 0 Å². The number of rotatable bonds is 3. The number of nitrogens with zero attached hydrogens (tertiary/aromatic N) is 1. The third-order valence-corrected chi connectivity index (χ3v) is 7.17.